The minimum absolute atomic E-state index is 0.292. The molecule has 1 heteroatoms. The molecule has 0 unspecified atom stereocenters. The lowest BCUT2D eigenvalue weighted by Crippen LogP contribution is -2.09. The molecule has 2 aliphatic rings. The SMILES string of the molecule is O=C1C=C(c2cccc(C3CCC3)c2)CCC1. The van der Waals surface area contributed by atoms with Crippen LogP contribution in [0.3, 0.4) is 0 Å². The maximum Gasteiger partial charge on any atom is 0.155 e. The number of benzene rings is 1. The van der Waals surface area contributed by atoms with Gasteiger partial charge in [-0.05, 0) is 54.4 Å². The summed E-state index contributed by atoms with van der Waals surface area (Å²) in [5.74, 6) is 1.06. The van der Waals surface area contributed by atoms with Crippen LogP contribution in [0.2, 0.25) is 0 Å². The van der Waals surface area contributed by atoms with E-state index in [-0.39, 0.29) is 0 Å². The Bertz CT molecular complexity index is 466. The zero-order chi connectivity index (χ0) is 11.7. The number of rotatable bonds is 2. The molecule has 0 bridgehead atoms. The quantitative estimate of drug-likeness (QED) is 0.742. The molecule has 0 N–H and O–H groups in total. The lowest BCUT2D eigenvalue weighted by molar-refractivity contribution is -0.114. The van der Waals surface area contributed by atoms with E-state index in [0.29, 0.717) is 5.78 Å². The molecule has 88 valence electrons. The molecule has 0 radical (unpaired) electrons. The van der Waals surface area contributed by atoms with Crippen molar-refractivity contribution in [3.05, 3.63) is 41.5 Å². The van der Waals surface area contributed by atoms with E-state index in [4.69, 9.17) is 0 Å². The highest BCUT2D eigenvalue weighted by Crippen LogP contribution is 2.37. The van der Waals surface area contributed by atoms with Crippen LogP contribution in [-0.4, -0.2) is 5.78 Å². The summed E-state index contributed by atoms with van der Waals surface area (Å²) in [5.41, 5.74) is 3.97. The van der Waals surface area contributed by atoms with Gasteiger partial charge in [-0.3, -0.25) is 4.79 Å². The summed E-state index contributed by atoms with van der Waals surface area (Å²) in [4.78, 5) is 11.5. The number of allylic oxidation sites excluding steroid dienone is 2. The molecule has 0 aromatic heterocycles. The fourth-order valence-electron chi connectivity index (χ4n) is 2.75. The van der Waals surface area contributed by atoms with Crippen molar-refractivity contribution in [1.82, 2.24) is 0 Å². The Hall–Kier alpha value is -1.37. The molecule has 2 aliphatic carbocycles. The first-order chi connectivity index (χ1) is 8.33. The van der Waals surface area contributed by atoms with Crippen LogP contribution in [0.1, 0.15) is 55.6 Å². The third-order valence-electron chi connectivity index (χ3n) is 4.04. The first-order valence-corrected chi connectivity index (χ1v) is 6.67. The summed E-state index contributed by atoms with van der Waals surface area (Å²) < 4.78 is 0. The van der Waals surface area contributed by atoms with Crippen LogP contribution >= 0.6 is 0 Å². The van der Waals surface area contributed by atoms with Crippen molar-refractivity contribution in [3.63, 3.8) is 0 Å². The zero-order valence-electron chi connectivity index (χ0n) is 10.1. The van der Waals surface area contributed by atoms with Gasteiger partial charge < -0.3 is 0 Å². The molecule has 1 aromatic rings. The van der Waals surface area contributed by atoms with Gasteiger partial charge in [0.25, 0.3) is 0 Å². The molecular formula is C16H18O. The van der Waals surface area contributed by atoms with Gasteiger partial charge in [0.05, 0.1) is 0 Å². The van der Waals surface area contributed by atoms with Gasteiger partial charge in [-0.2, -0.15) is 0 Å². The fraction of sp³-hybridized carbons (Fsp3) is 0.438. The van der Waals surface area contributed by atoms with E-state index in [1.165, 1.54) is 36.0 Å². The molecule has 1 fully saturated rings. The summed E-state index contributed by atoms with van der Waals surface area (Å²) in [6.45, 7) is 0. The van der Waals surface area contributed by atoms with E-state index in [1.807, 2.05) is 6.08 Å². The topological polar surface area (TPSA) is 17.1 Å². The minimum Gasteiger partial charge on any atom is -0.295 e. The summed E-state index contributed by atoms with van der Waals surface area (Å²) in [6, 6.07) is 8.82. The normalized spacial score (nSPS) is 20.9. The van der Waals surface area contributed by atoms with Gasteiger partial charge in [0.15, 0.2) is 5.78 Å². The van der Waals surface area contributed by atoms with Crippen molar-refractivity contribution in [2.45, 2.75) is 44.4 Å². The Morgan fingerprint density at radius 3 is 2.65 bits per heavy atom. The average molecular weight is 226 g/mol. The van der Waals surface area contributed by atoms with Crippen LogP contribution in [-0.2, 0) is 4.79 Å². The molecule has 0 atom stereocenters. The van der Waals surface area contributed by atoms with E-state index in [0.717, 1.165) is 25.2 Å². The monoisotopic (exact) mass is 226 g/mol. The van der Waals surface area contributed by atoms with E-state index >= 15 is 0 Å². The van der Waals surface area contributed by atoms with Crippen LogP contribution < -0.4 is 0 Å². The van der Waals surface area contributed by atoms with Gasteiger partial charge in [0, 0.05) is 6.42 Å². The van der Waals surface area contributed by atoms with E-state index in [9.17, 15) is 4.79 Å². The van der Waals surface area contributed by atoms with Gasteiger partial charge in [-0.25, -0.2) is 0 Å². The van der Waals surface area contributed by atoms with Crippen LogP contribution in [0.4, 0.5) is 0 Å². The molecule has 0 saturated heterocycles. The average Bonchev–Trinajstić information content (AvgIpc) is 2.27. The maximum absolute atomic E-state index is 11.5. The van der Waals surface area contributed by atoms with E-state index in [2.05, 4.69) is 24.3 Å². The predicted octanol–water partition coefficient (Wildman–Crippen LogP) is 4.09. The van der Waals surface area contributed by atoms with Crippen molar-refractivity contribution in [1.29, 1.82) is 0 Å². The Kier molecular flexibility index (Phi) is 2.84. The van der Waals surface area contributed by atoms with Crippen LogP contribution in [0.25, 0.3) is 5.57 Å². The molecular weight excluding hydrogens is 208 g/mol. The molecule has 17 heavy (non-hydrogen) atoms. The van der Waals surface area contributed by atoms with Gasteiger partial charge in [0.2, 0.25) is 0 Å². The maximum atomic E-state index is 11.5. The minimum atomic E-state index is 0.292. The largest absolute Gasteiger partial charge is 0.295 e. The second-order valence-electron chi connectivity index (χ2n) is 5.24. The Morgan fingerprint density at radius 2 is 1.94 bits per heavy atom. The fourth-order valence-corrected chi connectivity index (χ4v) is 2.75. The number of ketones is 1. The first kappa shape index (κ1) is 10.8. The standard InChI is InChI=1S/C16H18O/c17-16-9-3-8-15(11-16)14-7-2-6-13(10-14)12-4-1-5-12/h2,6-7,10-12H,1,3-5,8-9H2. The highest BCUT2D eigenvalue weighted by atomic mass is 16.1. The Balaban J connectivity index is 1.89. The lowest BCUT2D eigenvalue weighted by Gasteiger charge is -2.26. The highest BCUT2D eigenvalue weighted by molar-refractivity contribution is 5.98. The molecule has 1 nitrogen and oxygen atoms in total. The van der Waals surface area contributed by atoms with Gasteiger partial charge in [0.1, 0.15) is 0 Å². The molecule has 3 rings (SSSR count). The first-order valence-electron chi connectivity index (χ1n) is 6.67. The van der Waals surface area contributed by atoms with Gasteiger partial charge >= 0.3 is 0 Å². The number of carbonyl (C=O) groups is 1. The molecule has 1 saturated carbocycles. The second-order valence-corrected chi connectivity index (χ2v) is 5.24. The van der Waals surface area contributed by atoms with E-state index in [1.54, 1.807) is 0 Å². The van der Waals surface area contributed by atoms with Crippen molar-refractivity contribution in [3.8, 4) is 0 Å². The molecule has 0 heterocycles. The summed E-state index contributed by atoms with van der Waals surface area (Å²) in [7, 11) is 0. The number of hydrogen-bond acceptors (Lipinski definition) is 1. The summed E-state index contributed by atoms with van der Waals surface area (Å²) >= 11 is 0. The number of carbonyl (C=O) groups excluding carboxylic acids is 1. The zero-order valence-corrected chi connectivity index (χ0v) is 10.1. The van der Waals surface area contributed by atoms with Crippen LogP contribution in [0.5, 0.6) is 0 Å². The van der Waals surface area contributed by atoms with Crippen molar-refractivity contribution in [2.75, 3.05) is 0 Å². The second kappa shape index (κ2) is 4.48. The molecule has 1 aromatic carbocycles. The summed E-state index contributed by atoms with van der Waals surface area (Å²) in [6.07, 6.45) is 8.69. The van der Waals surface area contributed by atoms with Crippen molar-refractivity contribution >= 4 is 11.4 Å². The summed E-state index contributed by atoms with van der Waals surface area (Å²) in [5, 5.41) is 0. The predicted molar refractivity (Wildman–Crippen MR) is 69.9 cm³/mol. The van der Waals surface area contributed by atoms with Crippen LogP contribution in [0.15, 0.2) is 30.3 Å². The Morgan fingerprint density at radius 1 is 1.06 bits per heavy atom. The Labute approximate surface area is 103 Å². The van der Waals surface area contributed by atoms with Gasteiger partial charge in [-0.1, -0.05) is 30.7 Å². The third kappa shape index (κ3) is 2.19. The van der Waals surface area contributed by atoms with Gasteiger partial charge in [-0.15, -0.1) is 0 Å². The lowest BCUT2D eigenvalue weighted by atomic mass is 9.79. The smallest absolute Gasteiger partial charge is 0.155 e. The number of hydrogen-bond donors (Lipinski definition) is 0. The van der Waals surface area contributed by atoms with Crippen molar-refractivity contribution < 1.29 is 4.79 Å². The molecule has 0 spiro atoms. The molecule has 0 aliphatic heterocycles. The van der Waals surface area contributed by atoms with Crippen molar-refractivity contribution in [2.24, 2.45) is 0 Å². The van der Waals surface area contributed by atoms with Crippen LogP contribution in [0, 0.1) is 0 Å². The highest BCUT2D eigenvalue weighted by Gasteiger charge is 2.20. The molecule has 0 amide bonds. The third-order valence-corrected chi connectivity index (χ3v) is 4.04. The van der Waals surface area contributed by atoms with E-state index < -0.39 is 0 Å².